The van der Waals surface area contributed by atoms with Gasteiger partial charge in [-0.1, -0.05) is 0 Å². The summed E-state index contributed by atoms with van der Waals surface area (Å²) >= 11 is 0. The summed E-state index contributed by atoms with van der Waals surface area (Å²) in [5, 5.41) is 0. The lowest BCUT2D eigenvalue weighted by atomic mass is 10.5. The summed E-state index contributed by atoms with van der Waals surface area (Å²) in [4.78, 5) is 10.6. The van der Waals surface area contributed by atoms with E-state index in [1.807, 2.05) is 0 Å². The van der Waals surface area contributed by atoms with Gasteiger partial charge in [-0.3, -0.25) is 0 Å². The van der Waals surface area contributed by atoms with Gasteiger partial charge in [0.05, 0.1) is 12.9 Å². The average Bonchev–Trinajstić information content (AvgIpc) is 1.84. The van der Waals surface area contributed by atoms with Gasteiger partial charge in [-0.2, -0.15) is 0 Å². The third-order valence-electron chi connectivity index (χ3n) is 0.850. The molecule has 0 aromatic rings. The Morgan fingerprint density at radius 1 is 1.58 bits per heavy atom. The lowest BCUT2D eigenvalue weighted by molar-refractivity contribution is 0.152. The van der Waals surface area contributed by atoms with Gasteiger partial charge in [0.2, 0.25) is 10.0 Å². The molecule has 0 aliphatic heterocycles. The Labute approximate surface area is 71.1 Å². The molecular weight excluding hydrogens is 184 g/mol. The number of nitrogens with two attached hydrogens (primary N) is 1. The molecule has 0 fully saturated rings. The van der Waals surface area contributed by atoms with Crippen molar-refractivity contribution in [1.82, 2.24) is 4.72 Å². The van der Waals surface area contributed by atoms with Crippen molar-refractivity contribution in [3.8, 4) is 0 Å². The van der Waals surface area contributed by atoms with Gasteiger partial charge < -0.3 is 10.5 Å². The predicted octanol–water partition coefficient (Wildman–Crippen LogP) is -0.979. The van der Waals surface area contributed by atoms with Crippen LogP contribution in [-0.4, -0.2) is 33.9 Å². The molecule has 0 aromatic carbocycles. The summed E-state index contributed by atoms with van der Waals surface area (Å²) in [6.45, 7) is 0.518. The van der Waals surface area contributed by atoms with E-state index in [0.717, 1.165) is 6.26 Å². The van der Waals surface area contributed by atoms with Crippen molar-refractivity contribution in [1.29, 1.82) is 0 Å². The van der Waals surface area contributed by atoms with Gasteiger partial charge in [-0.15, -0.1) is 0 Å². The second-order valence-electron chi connectivity index (χ2n) is 2.15. The van der Waals surface area contributed by atoms with Crippen molar-refractivity contribution in [3.63, 3.8) is 0 Å². The van der Waals surface area contributed by atoms with Crippen molar-refractivity contribution in [2.45, 2.75) is 6.42 Å². The van der Waals surface area contributed by atoms with Crippen molar-refractivity contribution < 1.29 is 17.9 Å². The lowest BCUT2D eigenvalue weighted by Crippen LogP contribution is -2.30. The Morgan fingerprint density at radius 3 is 2.58 bits per heavy atom. The zero-order valence-corrected chi connectivity index (χ0v) is 7.56. The van der Waals surface area contributed by atoms with Gasteiger partial charge in [-0.05, 0) is 13.0 Å². The van der Waals surface area contributed by atoms with Crippen LogP contribution in [0.5, 0.6) is 0 Å². The summed E-state index contributed by atoms with van der Waals surface area (Å²) in [5.41, 5.74) is 5.11. The topological polar surface area (TPSA) is 98.5 Å². The Kier molecular flexibility index (Phi) is 4.60. The quantitative estimate of drug-likeness (QED) is 0.563. The predicted molar refractivity (Wildman–Crippen MR) is 43.0 cm³/mol. The number of hydrogen-bond donors (Lipinski definition) is 2. The van der Waals surface area contributed by atoms with Crippen molar-refractivity contribution >= 4 is 16.1 Å². The Bertz CT molecular complexity index is 236. The van der Waals surface area contributed by atoms with Crippen LogP contribution in [0.25, 0.3) is 0 Å². The van der Waals surface area contributed by atoms with Crippen molar-refractivity contribution in [2.24, 2.45) is 5.73 Å². The molecule has 12 heavy (non-hydrogen) atoms. The number of amides is 1. The number of nitrogens with one attached hydrogen (secondary N) is 1. The molecule has 7 heteroatoms. The van der Waals surface area contributed by atoms with Gasteiger partial charge in [0.1, 0.15) is 0 Å². The molecule has 0 atom stereocenters. The molecule has 0 aliphatic carbocycles. The summed E-state index contributed by atoms with van der Waals surface area (Å²) in [6, 6.07) is 0. The molecule has 0 unspecified atom stereocenters. The number of hydrogen-bond acceptors (Lipinski definition) is 5. The van der Waals surface area contributed by atoms with Gasteiger partial charge in [-0.25, -0.2) is 17.9 Å². The fraction of sp³-hybridized carbons (Fsp3) is 0.800. The molecule has 0 heterocycles. The van der Waals surface area contributed by atoms with Crippen LogP contribution < -0.4 is 10.5 Å². The number of carbonyl (C=O) groups excluding carboxylic acids is 1. The first-order valence-electron chi connectivity index (χ1n) is 3.30. The Hall–Kier alpha value is -0.820. The molecule has 0 rings (SSSR count). The van der Waals surface area contributed by atoms with Crippen molar-refractivity contribution in [2.75, 3.05) is 19.4 Å². The van der Waals surface area contributed by atoms with E-state index in [1.54, 1.807) is 4.72 Å². The third kappa shape index (κ3) is 7.29. The standard InChI is InChI=1S/C5H12N2O4S/c1-12(9,10)7-5(8)11-4-2-3-6/h2-4,6H2,1H3,(H,7,8). The maximum atomic E-state index is 10.6. The first-order chi connectivity index (χ1) is 5.45. The molecule has 72 valence electrons. The molecule has 0 aliphatic rings. The third-order valence-corrected chi connectivity index (χ3v) is 1.39. The summed E-state index contributed by atoms with van der Waals surface area (Å²) < 4.78 is 27.0. The highest BCUT2D eigenvalue weighted by atomic mass is 32.2. The van der Waals surface area contributed by atoms with E-state index < -0.39 is 16.1 Å². The van der Waals surface area contributed by atoms with Crippen LogP contribution in [0.2, 0.25) is 0 Å². The highest BCUT2D eigenvalue weighted by molar-refractivity contribution is 7.89. The summed E-state index contributed by atoms with van der Waals surface area (Å²) in [5.74, 6) is 0. The molecular formula is C5H12N2O4S. The normalized spacial score (nSPS) is 10.8. The van der Waals surface area contributed by atoms with Gasteiger partial charge >= 0.3 is 6.09 Å². The smallest absolute Gasteiger partial charge is 0.420 e. The lowest BCUT2D eigenvalue weighted by Gasteiger charge is -2.03. The van der Waals surface area contributed by atoms with Crippen LogP contribution in [0.4, 0.5) is 4.79 Å². The molecule has 0 aromatic heterocycles. The first-order valence-corrected chi connectivity index (χ1v) is 5.19. The average molecular weight is 196 g/mol. The molecule has 1 amide bonds. The van der Waals surface area contributed by atoms with Gasteiger partial charge in [0.15, 0.2) is 0 Å². The molecule has 0 radical (unpaired) electrons. The van der Waals surface area contributed by atoms with E-state index in [-0.39, 0.29) is 6.61 Å². The highest BCUT2D eigenvalue weighted by Crippen LogP contribution is 1.83. The van der Waals surface area contributed by atoms with Crippen LogP contribution in [0, 0.1) is 0 Å². The first kappa shape index (κ1) is 11.2. The van der Waals surface area contributed by atoms with Gasteiger partial charge in [0.25, 0.3) is 0 Å². The maximum Gasteiger partial charge on any atom is 0.420 e. The molecule has 3 N–H and O–H groups in total. The summed E-state index contributed by atoms with van der Waals surface area (Å²) in [6.07, 6.45) is 0.417. The Morgan fingerprint density at radius 2 is 2.17 bits per heavy atom. The number of rotatable bonds is 4. The largest absolute Gasteiger partial charge is 0.449 e. The summed E-state index contributed by atoms with van der Waals surface area (Å²) in [7, 11) is -3.52. The number of carbonyl (C=O) groups is 1. The fourth-order valence-corrected chi connectivity index (χ4v) is 0.791. The van der Waals surface area contributed by atoms with E-state index in [4.69, 9.17) is 5.73 Å². The Balaban J connectivity index is 3.62. The molecule has 0 spiro atoms. The minimum Gasteiger partial charge on any atom is -0.449 e. The minimum atomic E-state index is -3.52. The number of sulfonamides is 1. The van der Waals surface area contributed by atoms with Crippen LogP contribution in [0.1, 0.15) is 6.42 Å². The molecule has 0 saturated heterocycles. The SMILES string of the molecule is CS(=O)(=O)NC(=O)OCCCN. The highest BCUT2D eigenvalue weighted by Gasteiger charge is 2.07. The minimum absolute atomic E-state index is 0.123. The second-order valence-corrected chi connectivity index (χ2v) is 3.90. The van der Waals surface area contributed by atoms with Gasteiger partial charge in [0, 0.05) is 0 Å². The van der Waals surface area contributed by atoms with E-state index >= 15 is 0 Å². The van der Waals surface area contributed by atoms with Crippen molar-refractivity contribution in [3.05, 3.63) is 0 Å². The fourth-order valence-electron chi connectivity index (χ4n) is 0.429. The van der Waals surface area contributed by atoms with Crippen LogP contribution in [0.15, 0.2) is 0 Å². The van der Waals surface area contributed by atoms with E-state index in [1.165, 1.54) is 0 Å². The van der Waals surface area contributed by atoms with Crippen LogP contribution >= 0.6 is 0 Å². The second kappa shape index (κ2) is 4.94. The monoisotopic (exact) mass is 196 g/mol. The number of ether oxygens (including phenoxy) is 1. The molecule has 6 nitrogen and oxygen atoms in total. The van der Waals surface area contributed by atoms with E-state index in [0.29, 0.717) is 13.0 Å². The van der Waals surface area contributed by atoms with E-state index in [9.17, 15) is 13.2 Å². The zero-order valence-electron chi connectivity index (χ0n) is 6.74. The maximum absolute atomic E-state index is 10.6. The van der Waals surface area contributed by atoms with Crippen LogP contribution in [-0.2, 0) is 14.8 Å². The zero-order chi connectivity index (χ0) is 9.61. The van der Waals surface area contributed by atoms with E-state index in [2.05, 4.69) is 4.74 Å². The molecule has 0 bridgehead atoms. The molecule has 0 saturated carbocycles. The van der Waals surface area contributed by atoms with Crippen LogP contribution in [0.3, 0.4) is 0 Å².